The van der Waals surface area contributed by atoms with Gasteiger partial charge in [0.1, 0.15) is 10.7 Å². The van der Waals surface area contributed by atoms with Gasteiger partial charge in [-0.3, -0.25) is 0 Å². The highest BCUT2D eigenvalue weighted by molar-refractivity contribution is 7.15. The molecule has 2 aromatic rings. The largest absolute Gasteiger partial charge is 0.481 e. The van der Waals surface area contributed by atoms with Crippen molar-refractivity contribution in [3.8, 4) is 16.6 Å². The average Bonchev–Trinajstić information content (AvgIpc) is 2.97. The number of hydrogen-bond donors (Lipinski definition) is 1. The molecule has 0 bridgehead atoms. The minimum absolute atomic E-state index is 0.407. The monoisotopic (exact) mass is 303 g/mol. The molecular weight excluding hydrogens is 282 g/mol. The van der Waals surface area contributed by atoms with Crippen LogP contribution in [-0.2, 0) is 6.42 Å². The maximum absolute atomic E-state index is 5.21. The summed E-state index contributed by atoms with van der Waals surface area (Å²) in [6.07, 6.45) is 4.71. The highest BCUT2D eigenvalue weighted by Crippen LogP contribution is 2.36. The zero-order chi connectivity index (χ0) is 14.7. The van der Waals surface area contributed by atoms with E-state index in [4.69, 9.17) is 9.72 Å². The van der Waals surface area contributed by atoms with Crippen LogP contribution in [0.15, 0.2) is 18.2 Å². The van der Waals surface area contributed by atoms with Crippen molar-refractivity contribution in [3.05, 3.63) is 28.8 Å². The molecule has 1 unspecified atom stereocenters. The van der Waals surface area contributed by atoms with Gasteiger partial charge in [0.2, 0.25) is 5.88 Å². The second-order valence-corrected chi connectivity index (χ2v) is 6.38. The maximum atomic E-state index is 5.21. The standard InChI is InChI=1S/C16H21N3OS/c1-3-10-17-11-6-4-8-13-15(11)19-16(21-13)12-7-5-9-14(18-12)20-2/h5,7,9,11,17H,3-4,6,8,10H2,1-2H3. The molecule has 1 N–H and O–H groups in total. The van der Waals surface area contributed by atoms with Gasteiger partial charge in [-0.05, 0) is 38.3 Å². The molecule has 0 spiro atoms. The molecule has 21 heavy (non-hydrogen) atoms. The van der Waals surface area contributed by atoms with Crippen LogP contribution in [0.3, 0.4) is 0 Å². The highest BCUT2D eigenvalue weighted by Gasteiger charge is 2.24. The molecule has 5 heteroatoms. The Morgan fingerprint density at radius 3 is 3.10 bits per heavy atom. The molecule has 0 saturated heterocycles. The Hall–Kier alpha value is -1.46. The first kappa shape index (κ1) is 14.5. The van der Waals surface area contributed by atoms with Gasteiger partial charge in [0.25, 0.3) is 0 Å². The summed E-state index contributed by atoms with van der Waals surface area (Å²) in [5.74, 6) is 0.640. The minimum atomic E-state index is 0.407. The van der Waals surface area contributed by atoms with Crippen molar-refractivity contribution < 1.29 is 4.74 Å². The number of methoxy groups -OCH3 is 1. The summed E-state index contributed by atoms with van der Waals surface area (Å²) < 4.78 is 5.21. The molecule has 112 valence electrons. The maximum Gasteiger partial charge on any atom is 0.213 e. The van der Waals surface area contributed by atoms with E-state index < -0.39 is 0 Å². The van der Waals surface area contributed by atoms with Gasteiger partial charge in [0.05, 0.1) is 18.8 Å². The summed E-state index contributed by atoms with van der Waals surface area (Å²) in [7, 11) is 1.64. The predicted molar refractivity (Wildman–Crippen MR) is 85.9 cm³/mol. The Morgan fingerprint density at radius 1 is 1.38 bits per heavy atom. The second kappa shape index (κ2) is 6.54. The lowest BCUT2D eigenvalue weighted by atomic mass is 9.97. The molecule has 0 aromatic carbocycles. The van der Waals surface area contributed by atoms with Crippen LogP contribution in [0.5, 0.6) is 5.88 Å². The van der Waals surface area contributed by atoms with Crippen molar-refractivity contribution in [2.75, 3.05) is 13.7 Å². The Balaban J connectivity index is 1.90. The van der Waals surface area contributed by atoms with Gasteiger partial charge in [-0.1, -0.05) is 13.0 Å². The third-order valence-electron chi connectivity index (χ3n) is 3.75. The van der Waals surface area contributed by atoms with E-state index in [2.05, 4.69) is 17.2 Å². The highest BCUT2D eigenvalue weighted by atomic mass is 32.1. The van der Waals surface area contributed by atoms with Crippen LogP contribution < -0.4 is 10.1 Å². The fourth-order valence-electron chi connectivity index (χ4n) is 2.69. The first-order chi connectivity index (χ1) is 10.3. The average molecular weight is 303 g/mol. The second-order valence-electron chi connectivity index (χ2n) is 5.29. The first-order valence-electron chi connectivity index (χ1n) is 7.56. The van der Waals surface area contributed by atoms with Crippen LogP contribution >= 0.6 is 11.3 Å². The van der Waals surface area contributed by atoms with Crippen LogP contribution in [0.25, 0.3) is 10.7 Å². The summed E-state index contributed by atoms with van der Waals surface area (Å²) in [6, 6.07) is 6.24. The summed E-state index contributed by atoms with van der Waals surface area (Å²) in [4.78, 5) is 10.8. The number of rotatable bonds is 5. The van der Waals surface area contributed by atoms with Crippen molar-refractivity contribution in [3.63, 3.8) is 0 Å². The molecule has 4 nitrogen and oxygen atoms in total. The lowest BCUT2D eigenvalue weighted by Crippen LogP contribution is -2.25. The van der Waals surface area contributed by atoms with Gasteiger partial charge in [-0.2, -0.15) is 0 Å². The fraction of sp³-hybridized carbons (Fsp3) is 0.500. The SMILES string of the molecule is CCCNC1CCCc2sc(-c3cccc(OC)n3)nc21. The summed E-state index contributed by atoms with van der Waals surface area (Å²) in [6.45, 7) is 3.25. The smallest absolute Gasteiger partial charge is 0.213 e. The van der Waals surface area contributed by atoms with Gasteiger partial charge in [-0.25, -0.2) is 9.97 Å². The van der Waals surface area contributed by atoms with Crippen molar-refractivity contribution >= 4 is 11.3 Å². The van der Waals surface area contributed by atoms with Crippen molar-refractivity contribution in [2.24, 2.45) is 0 Å². The number of fused-ring (bicyclic) bond motifs is 1. The third kappa shape index (κ3) is 3.09. The van der Waals surface area contributed by atoms with E-state index in [1.54, 1.807) is 18.4 Å². The molecule has 0 radical (unpaired) electrons. The van der Waals surface area contributed by atoms with E-state index in [9.17, 15) is 0 Å². The Labute approximate surface area is 129 Å². The molecule has 2 aromatic heterocycles. The van der Waals surface area contributed by atoms with E-state index in [1.807, 2.05) is 18.2 Å². The summed E-state index contributed by atoms with van der Waals surface area (Å²) in [5, 5.41) is 4.62. The molecule has 0 saturated carbocycles. The van der Waals surface area contributed by atoms with Gasteiger partial charge in [0, 0.05) is 10.9 Å². The Morgan fingerprint density at radius 2 is 2.29 bits per heavy atom. The van der Waals surface area contributed by atoms with Crippen LogP contribution in [0.2, 0.25) is 0 Å². The van der Waals surface area contributed by atoms with E-state index in [0.717, 1.165) is 30.1 Å². The van der Waals surface area contributed by atoms with Crippen LogP contribution in [0.4, 0.5) is 0 Å². The van der Waals surface area contributed by atoms with E-state index in [0.29, 0.717) is 11.9 Å². The number of aryl methyl sites for hydroxylation is 1. The quantitative estimate of drug-likeness (QED) is 0.917. The molecule has 1 aliphatic rings. The lowest BCUT2D eigenvalue weighted by molar-refractivity contribution is 0.398. The van der Waals surface area contributed by atoms with Crippen LogP contribution in [-0.4, -0.2) is 23.6 Å². The zero-order valence-electron chi connectivity index (χ0n) is 12.6. The van der Waals surface area contributed by atoms with E-state index >= 15 is 0 Å². The van der Waals surface area contributed by atoms with Gasteiger partial charge in [-0.15, -0.1) is 11.3 Å². The van der Waals surface area contributed by atoms with E-state index in [1.165, 1.54) is 23.4 Å². The minimum Gasteiger partial charge on any atom is -0.481 e. The zero-order valence-corrected chi connectivity index (χ0v) is 13.4. The summed E-state index contributed by atoms with van der Waals surface area (Å²) in [5.41, 5.74) is 2.14. The van der Waals surface area contributed by atoms with Crippen molar-refractivity contribution in [1.29, 1.82) is 0 Å². The van der Waals surface area contributed by atoms with Crippen LogP contribution in [0.1, 0.15) is 42.8 Å². The number of nitrogens with zero attached hydrogens (tertiary/aromatic N) is 2. The normalized spacial score (nSPS) is 17.5. The van der Waals surface area contributed by atoms with Crippen LogP contribution in [0, 0.1) is 0 Å². The molecule has 0 amide bonds. The molecule has 1 atom stereocenters. The molecule has 2 heterocycles. The fourth-order valence-corrected chi connectivity index (χ4v) is 3.83. The molecule has 3 rings (SSSR count). The topological polar surface area (TPSA) is 47.0 Å². The van der Waals surface area contributed by atoms with Gasteiger partial charge in [0.15, 0.2) is 0 Å². The van der Waals surface area contributed by atoms with Crippen molar-refractivity contribution in [1.82, 2.24) is 15.3 Å². The van der Waals surface area contributed by atoms with Gasteiger partial charge >= 0.3 is 0 Å². The lowest BCUT2D eigenvalue weighted by Gasteiger charge is -2.22. The third-order valence-corrected chi connectivity index (χ3v) is 4.90. The van der Waals surface area contributed by atoms with E-state index in [-0.39, 0.29) is 0 Å². The first-order valence-corrected chi connectivity index (χ1v) is 8.38. The number of nitrogens with one attached hydrogen (secondary N) is 1. The number of pyridine rings is 1. The number of hydrogen-bond acceptors (Lipinski definition) is 5. The summed E-state index contributed by atoms with van der Waals surface area (Å²) >= 11 is 1.78. The Kier molecular flexibility index (Phi) is 4.51. The van der Waals surface area contributed by atoms with Gasteiger partial charge < -0.3 is 10.1 Å². The number of thiazole rings is 1. The Bertz CT molecular complexity index is 611. The number of ether oxygens (including phenoxy) is 1. The van der Waals surface area contributed by atoms with Crippen molar-refractivity contribution in [2.45, 2.75) is 38.6 Å². The molecule has 0 fully saturated rings. The molecule has 1 aliphatic carbocycles. The number of aromatic nitrogens is 2. The predicted octanol–water partition coefficient (Wildman–Crippen LogP) is 3.59. The molecular formula is C16H21N3OS. The molecule has 0 aliphatic heterocycles.